The van der Waals surface area contributed by atoms with Crippen molar-refractivity contribution < 1.29 is 44.3 Å². The van der Waals surface area contributed by atoms with Crippen LogP contribution in [-0.2, 0) is 4.74 Å². The molecule has 0 aliphatic carbocycles. The Bertz CT molecular complexity index is 566. The Hall–Kier alpha value is -1.45. The van der Waals surface area contributed by atoms with Gasteiger partial charge in [0.15, 0.2) is 0 Å². The van der Waals surface area contributed by atoms with E-state index in [9.17, 15) is 39.5 Å². The summed E-state index contributed by atoms with van der Waals surface area (Å²) >= 11 is 0. The third-order valence-electron chi connectivity index (χ3n) is 3.47. The summed E-state index contributed by atoms with van der Waals surface area (Å²) in [5, 5.41) is 0. The fourth-order valence-electron chi connectivity index (χ4n) is 2.04. The molecule has 0 radical (unpaired) electrons. The van der Waals surface area contributed by atoms with Crippen LogP contribution in [0.4, 0.5) is 39.5 Å². The molecule has 1 rings (SSSR count). The monoisotopic (exact) mass is 368 g/mol. The van der Waals surface area contributed by atoms with Crippen molar-refractivity contribution in [3.63, 3.8) is 0 Å². The zero-order valence-corrected chi connectivity index (χ0v) is 12.4. The molecule has 0 aromatic heterocycles. The summed E-state index contributed by atoms with van der Waals surface area (Å²) in [7, 11) is 0.854. The van der Waals surface area contributed by atoms with Gasteiger partial charge in [-0.25, -0.2) is 0 Å². The van der Waals surface area contributed by atoms with Crippen LogP contribution in [0.25, 0.3) is 0 Å². The molecule has 1 nitrogen and oxygen atoms in total. The van der Waals surface area contributed by atoms with Gasteiger partial charge >= 0.3 is 23.9 Å². The second-order valence-corrected chi connectivity index (χ2v) is 5.14. The molecule has 0 heterocycles. The van der Waals surface area contributed by atoms with Gasteiger partial charge in [-0.2, -0.15) is 39.5 Å². The molecule has 0 aliphatic heterocycles. The first-order valence-corrected chi connectivity index (χ1v) is 6.47. The fraction of sp³-hybridized carbons (Fsp3) is 0.571. The second-order valence-electron chi connectivity index (χ2n) is 5.14. The lowest BCUT2D eigenvalue weighted by Crippen LogP contribution is -2.61. The predicted molar refractivity (Wildman–Crippen MR) is 66.4 cm³/mol. The molecule has 10 heteroatoms. The first kappa shape index (κ1) is 20.6. The molecule has 0 N–H and O–H groups in total. The average molecular weight is 368 g/mol. The molecule has 0 fully saturated rings. The van der Waals surface area contributed by atoms with Crippen LogP contribution in [0.3, 0.4) is 0 Å². The molecule has 0 spiro atoms. The number of rotatable bonds is 6. The molecule has 1 aromatic carbocycles. The maximum Gasteiger partial charge on any atom is 0.460 e. The Balaban J connectivity index is 3.21. The molecule has 0 saturated heterocycles. The van der Waals surface area contributed by atoms with E-state index in [2.05, 4.69) is 4.74 Å². The van der Waals surface area contributed by atoms with Gasteiger partial charge in [-0.15, -0.1) is 0 Å². The smallest absolute Gasteiger partial charge is 0.377 e. The predicted octanol–water partition coefficient (Wildman–Crippen LogP) is 5.54. The normalized spacial score (nSPS) is 15.5. The van der Waals surface area contributed by atoms with E-state index in [0.717, 1.165) is 7.11 Å². The molecule has 138 valence electrons. The lowest BCUT2D eigenvalue weighted by molar-refractivity contribution is -0.398. The average Bonchev–Trinajstić information content (AvgIpc) is 2.44. The van der Waals surface area contributed by atoms with Gasteiger partial charge in [-0.05, 0) is 18.1 Å². The van der Waals surface area contributed by atoms with Crippen molar-refractivity contribution in [3.05, 3.63) is 35.4 Å². The summed E-state index contributed by atoms with van der Waals surface area (Å²) in [6.07, 6.45) is -10.7. The van der Waals surface area contributed by atoms with Crippen LogP contribution < -0.4 is 0 Å². The van der Waals surface area contributed by atoms with Gasteiger partial charge in [0.2, 0.25) is 0 Å². The highest BCUT2D eigenvalue weighted by Gasteiger charge is 2.81. The summed E-state index contributed by atoms with van der Waals surface area (Å²) in [4.78, 5) is 0. The molecule has 0 bridgehead atoms. The van der Waals surface area contributed by atoms with Gasteiger partial charge in [0.05, 0.1) is 6.10 Å². The van der Waals surface area contributed by atoms with E-state index in [1.807, 2.05) is 0 Å². The molecule has 24 heavy (non-hydrogen) atoms. The minimum Gasteiger partial charge on any atom is -0.377 e. The fourth-order valence-corrected chi connectivity index (χ4v) is 2.04. The van der Waals surface area contributed by atoms with Crippen molar-refractivity contribution in [2.75, 3.05) is 7.11 Å². The number of ether oxygens (including phenoxy) is 1. The SMILES string of the molecule is COC(CC(F)(F)C(F)(F)C(F)(F)C(F)(F)F)c1ccccc1C. The third-order valence-corrected chi connectivity index (χ3v) is 3.47. The standard InChI is InChI=1S/C14H13F9O/c1-8-5-3-4-6-9(8)10(24-2)7-11(15,16)12(17,18)13(19,20)14(21,22)23/h3-6,10H,7H2,1-2H3. The van der Waals surface area contributed by atoms with E-state index < -0.39 is 36.5 Å². The van der Waals surface area contributed by atoms with Gasteiger partial charge < -0.3 is 4.74 Å². The molecule has 0 amide bonds. The Kier molecular flexibility index (Phi) is 5.54. The van der Waals surface area contributed by atoms with Crippen LogP contribution >= 0.6 is 0 Å². The highest BCUT2D eigenvalue weighted by molar-refractivity contribution is 5.28. The number of methoxy groups -OCH3 is 1. The third kappa shape index (κ3) is 3.47. The van der Waals surface area contributed by atoms with Crippen LogP contribution in [0.15, 0.2) is 24.3 Å². The second kappa shape index (κ2) is 6.45. The van der Waals surface area contributed by atoms with E-state index in [1.165, 1.54) is 31.2 Å². The largest absolute Gasteiger partial charge is 0.460 e. The van der Waals surface area contributed by atoms with Crippen LogP contribution in [0.2, 0.25) is 0 Å². The lowest BCUT2D eigenvalue weighted by atomic mass is 9.93. The summed E-state index contributed by atoms with van der Waals surface area (Å²) in [5.74, 6) is -19.2. The highest BCUT2D eigenvalue weighted by Crippen LogP contribution is 2.55. The van der Waals surface area contributed by atoms with E-state index in [4.69, 9.17) is 0 Å². The van der Waals surface area contributed by atoms with Crippen molar-refractivity contribution in [2.24, 2.45) is 0 Å². The molecule has 1 unspecified atom stereocenters. The summed E-state index contributed by atoms with van der Waals surface area (Å²) in [6, 6.07) is 5.49. The highest BCUT2D eigenvalue weighted by atomic mass is 19.4. The van der Waals surface area contributed by atoms with Gasteiger partial charge in [0.25, 0.3) is 0 Å². The Labute approximate surface area is 131 Å². The van der Waals surface area contributed by atoms with Crippen LogP contribution in [-0.4, -0.2) is 31.1 Å². The van der Waals surface area contributed by atoms with Crippen molar-refractivity contribution in [1.82, 2.24) is 0 Å². The number of benzene rings is 1. The minimum absolute atomic E-state index is 0.0224. The van der Waals surface area contributed by atoms with Crippen molar-refractivity contribution in [2.45, 2.75) is 43.4 Å². The zero-order valence-electron chi connectivity index (χ0n) is 12.4. The van der Waals surface area contributed by atoms with Gasteiger partial charge in [0.1, 0.15) is 0 Å². The lowest BCUT2D eigenvalue weighted by Gasteiger charge is -2.35. The van der Waals surface area contributed by atoms with E-state index in [1.54, 1.807) is 0 Å². The van der Waals surface area contributed by atoms with Crippen molar-refractivity contribution in [3.8, 4) is 0 Å². The van der Waals surface area contributed by atoms with Crippen molar-refractivity contribution >= 4 is 0 Å². The molecule has 0 saturated carbocycles. The maximum absolute atomic E-state index is 13.7. The number of halogens is 9. The summed E-state index contributed by atoms with van der Waals surface area (Å²) in [5.41, 5.74) is 0.303. The number of hydrogen-bond acceptors (Lipinski definition) is 1. The topological polar surface area (TPSA) is 9.23 Å². The van der Waals surface area contributed by atoms with E-state index in [0.29, 0.717) is 5.56 Å². The first-order valence-electron chi connectivity index (χ1n) is 6.47. The first-order chi connectivity index (χ1) is 10.7. The molecule has 1 aromatic rings. The molecular weight excluding hydrogens is 355 g/mol. The Morgan fingerprint density at radius 3 is 1.79 bits per heavy atom. The van der Waals surface area contributed by atoms with Gasteiger partial charge in [-0.3, -0.25) is 0 Å². The van der Waals surface area contributed by atoms with Gasteiger partial charge in [0, 0.05) is 13.5 Å². The molecular formula is C14H13F9O. The summed E-state index contributed by atoms with van der Waals surface area (Å²) < 4.78 is 120. The summed E-state index contributed by atoms with van der Waals surface area (Å²) in [6.45, 7) is 1.42. The Morgan fingerprint density at radius 2 is 1.38 bits per heavy atom. The molecule has 0 aliphatic rings. The molecule has 1 atom stereocenters. The van der Waals surface area contributed by atoms with Crippen LogP contribution in [0, 0.1) is 6.92 Å². The van der Waals surface area contributed by atoms with Gasteiger partial charge in [-0.1, -0.05) is 24.3 Å². The number of alkyl halides is 9. The maximum atomic E-state index is 13.7. The number of hydrogen-bond donors (Lipinski definition) is 0. The van der Waals surface area contributed by atoms with E-state index >= 15 is 0 Å². The van der Waals surface area contributed by atoms with Crippen LogP contribution in [0.1, 0.15) is 23.7 Å². The number of aryl methyl sites for hydroxylation is 1. The zero-order chi connectivity index (χ0) is 19.0. The van der Waals surface area contributed by atoms with Crippen LogP contribution in [0.5, 0.6) is 0 Å². The quantitative estimate of drug-likeness (QED) is 0.599. The van der Waals surface area contributed by atoms with Crippen molar-refractivity contribution in [1.29, 1.82) is 0 Å². The Morgan fingerprint density at radius 1 is 0.875 bits per heavy atom. The minimum atomic E-state index is -6.90. The van der Waals surface area contributed by atoms with E-state index in [-0.39, 0.29) is 5.56 Å².